The Kier molecular flexibility index (Phi) is 4.68. The van der Waals surface area contributed by atoms with Gasteiger partial charge in [-0.05, 0) is 42.0 Å². The molecule has 3 aromatic rings. The molecule has 0 saturated heterocycles. The van der Waals surface area contributed by atoms with Crippen LogP contribution in [0.1, 0.15) is 11.4 Å². The van der Waals surface area contributed by atoms with Gasteiger partial charge in [-0.1, -0.05) is 23.7 Å². The average molecular weight is 402 g/mol. The second-order valence-electron chi connectivity index (χ2n) is 5.32. The second kappa shape index (κ2) is 6.65. The van der Waals surface area contributed by atoms with E-state index >= 15 is 0 Å². The Balaban J connectivity index is 1.81. The number of halogens is 4. The average Bonchev–Trinajstić information content (AvgIpc) is 2.97. The number of hydrogen-bond donors (Lipinski definition) is 2. The molecule has 1 aromatic heterocycles. The van der Waals surface area contributed by atoms with Gasteiger partial charge in [0.1, 0.15) is 0 Å². The first-order chi connectivity index (χ1) is 12.1. The Morgan fingerprint density at radius 3 is 2.46 bits per heavy atom. The molecule has 2 N–H and O–H groups in total. The van der Waals surface area contributed by atoms with E-state index in [9.17, 15) is 21.6 Å². The molecule has 0 saturated carbocycles. The van der Waals surface area contributed by atoms with Gasteiger partial charge in [0.15, 0.2) is 0 Å². The zero-order valence-corrected chi connectivity index (χ0v) is 14.5. The molecule has 5 nitrogen and oxygen atoms in total. The lowest BCUT2D eigenvalue weighted by molar-refractivity contribution is -0.144. The van der Waals surface area contributed by atoms with Gasteiger partial charge in [-0.3, -0.25) is 4.72 Å². The molecule has 136 valence electrons. The molecule has 0 atom stereocenters. The zero-order chi connectivity index (χ0) is 18.9. The minimum Gasteiger partial charge on any atom is -0.334 e. The highest BCUT2D eigenvalue weighted by atomic mass is 35.5. The maximum Gasteiger partial charge on any atom is 0.449 e. The Hall–Kier alpha value is -2.52. The molecular formula is C16H11ClF3N3O2S. The number of imidazole rings is 1. The van der Waals surface area contributed by atoms with Gasteiger partial charge in [0.2, 0.25) is 5.82 Å². The third-order valence-corrected chi connectivity index (χ3v) is 4.59. The number of fused-ring (bicyclic) bond motifs is 1. The number of nitrogens with zero attached hydrogens (tertiary/aromatic N) is 1. The summed E-state index contributed by atoms with van der Waals surface area (Å²) in [6, 6.07) is 10.4. The van der Waals surface area contributed by atoms with Crippen LogP contribution in [0, 0.1) is 0 Å². The van der Waals surface area contributed by atoms with Crippen LogP contribution in [0.2, 0.25) is 5.02 Å². The summed E-state index contributed by atoms with van der Waals surface area (Å²) >= 11 is 5.75. The monoisotopic (exact) mass is 401 g/mol. The number of alkyl halides is 3. The van der Waals surface area contributed by atoms with E-state index in [1.165, 1.54) is 24.3 Å². The highest BCUT2D eigenvalue weighted by Crippen LogP contribution is 2.29. The normalized spacial score (nSPS) is 12.8. The summed E-state index contributed by atoms with van der Waals surface area (Å²) in [4.78, 5) is 5.55. The molecule has 0 amide bonds. The molecule has 1 heterocycles. The molecule has 2 aromatic carbocycles. The number of nitrogens with one attached hydrogen (secondary N) is 2. The summed E-state index contributed by atoms with van der Waals surface area (Å²) < 4.78 is 64.5. The summed E-state index contributed by atoms with van der Waals surface area (Å²) in [5.41, 5.74) is 0.880. The van der Waals surface area contributed by atoms with Crippen LogP contribution in [0.4, 0.5) is 18.9 Å². The Morgan fingerprint density at radius 1 is 1.12 bits per heavy atom. The standard InChI is InChI=1S/C16H11ClF3N3O2S/c17-11-3-1-10(2-4-11)7-8-26(24,25)23-12-5-6-13-14(9-12)22-15(21-13)16(18,19)20/h1-9,23H,(H,21,22)/b8-7+. The highest BCUT2D eigenvalue weighted by Gasteiger charge is 2.34. The molecule has 0 bridgehead atoms. The smallest absolute Gasteiger partial charge is 0.334 e. The van der Waals surface area contributed by atoms with Crippen LogP contribution in [0.15, 0.2) is 47.9 Å². The maximum absolute atomic E-state index is 12.7. The van der Waals surface area contributed by atoms with Crippen molar-refractivity contribution in [2.45, 2.75) is 6.18 Å². The van der Waals surface area contributed by atoms with Crippen molar-refractivity contribution < 1.29 is 21.6 Å². The van der Waals surface area contributed by atoms with Crippen molar-refractivity contribution in [3.63, 3.8) is 0 Å². The van der Waals surface area contributed by atoms with Crippen LogP contribution in [0.3, 0.4) is 0 Å². The number of anilines is 1. The molecule has 26 heavy (non-hydrogen) atoms. The van der Waals surface area contributed by atoms with E-state index in [-0.39, 0.29) is 16.7 Å². The molecule has 0 aliphatic carbocycles. The number of H-pyrrole nitrogens is 1. The van der Waals surface area contributed by atoms with Crippen molar-refractivity contribution in [1.82, 2.24) is 9.97 Å². The van der Waals surface area contributed by atoms with Crippen molar-refractivity contribution >= 4 is 44.4 Å². The van der Waals surface area contributed by atoms with E-state index in [1.807, 2.05) is 0 Å². The first-order valence-corrected chi connectivity index (χ1v) is 9.08. The summed E-state index contributed by atoms with van der Waals surface area (Å²) in [6.07, 6.45) is -3.24. The van der Waals surface area contributed by atoms with E-state index in [2.05, 4.69) is 14.7 Å². The van der Waals surface area contributed by atoms with Crippen LogP contribution < -0.4 is 4.72 Å². The summed E-state index contributed by atoms with van der Waals surface area (Å²) in [6.45, 7) is 0. The van der Waals surface area contributed by atoms with Crippen LogP contribution in [-0.2, 0) is 16.2 Å². The van der Waals surface area contributed by atoms with Gasteiger partial charge in [0, 0.05) is 5.02 Å². The van der Waals surface area contributed by atoms with Gasteiger partial charge >= 0.3 is 6.18 Å². The van der Waals surface area contributed by atoms with Crippen LogP contribution >= 0.6 is 11.6 Å². The Bertz CT molecular complexity index is 1070. The van der Waals surface area contributed by atoms with Crippen molar-refractivity contribution in [1.29, 1.82) is 0 Å². The Morgan fingerprint density at radius 2 is 1.81 bits per heavy atom. The minimum atomic E-state index is -4.61. The van der Waals surface area contributed by atoms with Crippen molar-refractivity contribution in [2.24, 2.45) is 0 Å². The molecule has 3 rings (SSSR count). The number of hydrogen-bond acceptors (Lipinski definition) is 3. The first-order valence-electron chi connectivity index (χ1n) is 7.16. The quantitative estimate of drug-likeness (QED) is 0.668. The second-order valence-corrected chi connectivity index (χ2v) is 7.32. The lowest BCUT2D eigenvalue weighted by Crippen LogP contribution is -2.08. The number of sulfonamides is 1. The predicted octanol–water partition coefficient (Wildman–Crippen LogP) is 4.65. The third kappa shape index (κ3) is 4.36. The fourth-order valence-corrected chi connectivity index (χ4v) is 3.13. The lowest BCUT2D eigenvalue weighted by atomic mass is 10.2. The van der Waals surface area contributed by atoms with Crippen molar-refractivity contribution in [3.05, 3.63) is 64.3 Å². The number of aromatic amines is 1. The Labute approximate surface area is 151 Å². The maximum atomic E-state index is 12.7. The highest BCUT2D eigenvalue weighted by molar-refractivity contribution is 7.95. The van der Waals surface area contributed by atoms with Crippen LogP contribution in [0.25, 0.3) is 17.1 Å². The van der Waals surface area contributed by atoms with E-state index in [1.54, 1.807) is 24.3 Å². The van der Waals surface area contributed by atoms with Crippen LogP contribution in [-0.4, -0.2) is 18.4 Å². The topological polar surface area (TPSA) is 74.8 Å². The molecule has 0 aliphatic heterocycles. The van der Waals surface area contributed by atoms with Gasteiger partial charge in [0.05, 0.1) is 22.1 Å². The first kappa shape index (κ1) is 18.3. The molecule has 10 heteroatoms. The number of benzene rings is 2. The van der Waals surface area contributed by atoms with Gasteiger partial charge in [-0.25, -0.2) is 13.4 Å². The molecule has 0 radical (unpaired) electrons. The summed E-state index contributed by atoms with van der Waals surface area (Å²) in [5.74, 6) is -1.14. The lowest BCUT2D eigenvalue weighted by Gasteiger charge is -2.04. The van der Waals surface area contributed by atoms with Crippen LogP contribution in [0.5, 0.6) is 0 Å². The largest absolute Gasteiger partial charge is 0.449 e. The zero-order valence-electron chi connectivity index (χ0n) is 12.9. The van der Waals surface area contributed by atoms with E-state index < -0.39 is 22.0 Å². The third-order valence-electron chi connectivity index (χ3n) is 3.32. The minimum absolute atomic E-state index is 0.0687. The number of aromatic nitrogens is 2. The number of rotatable bonds is 4. The van der Waals surface area contributed by atoms with E-state index in [0.29, 0.717) is 10.6 Å². The molecule has 0 spiro atoms. The van der Waals surface area contributed by atoms with Gasteiger partial charge in [-0.15, -0.1) is 0 Å². The fourth-order valence-electron chi connectivity index (χ4n) is 2.15. The molecule has 0 aliphatic rings. The summed E-state index contributed by atoms with van der Waals surface area (Å²) in [7, 11) is -3.85. The van der Waals surface area contributed by atoms with E-state index in [0.717, 1.165) is 5.41 Å². The van der Waals surface area contributed by atoms with Crippen molar-refractivity contribution in [2.75, 3.05) is 4.72 Å². The van der Waals surface area contributed by atoms with Gasteiger partial charge < -0.3 is 4.98 Å². The van der Waals surface area contributed by atoms with Gasteiger partial charge in [-0.2, -0.15) is 13.2 Å². The molecule has 0 unspecified atom stereocenters. The predicted molar refractivity (Wildman–Crippen MR) is 94.1 cm³/mol. The van der Waals surface area contributed by atoms with Gasteiger partial charge in [0.25, 0.3) is 10.0 Å². The fraction of sp³-hybridized carbons (Fsp3) is 0.0625. The molecular weight excluding hydrogens is 391 g/mol. The van der Waals surface area contributed by atoms with E-state index in [4.69, 9.17) is 11.6 Å². The van der Waals surface area contributed by atoms with Crippen molar-refractivity contribution in [3.8, 4) is 0 Å². The SMILES string of the molecule is O=S(=O)(/C=C/c1ccc(Cl)cc1)Nc1ccc2nc(C(F)(F)F)[nH]c2c1. The molecule has 0 fully saturated rings. The summed E-state index contributed by atoms with van der Waals surface area (Å²) in [5, 5.41) is 1.48.